The zero-order chi connectivity index (χ0) is 24.9. The van der Waals surface area contributed by atoms with Crippen LogP contribution in [0, 0.1) is 6.92 Å². The highest BCUT2D eigenvalue weighted by atomic mass is 79.9. The first-order valence-electron chi connectivity index (χ1n) is 11.1. The van der Waals surface area contributed by atoms with Gasteiger partial charge in [0.1, 0.15) is 33.6 Å². The summed E-state index contributed by atoms with van der Waals surface area (Å²) in [5, 5.41) is 11.3. The number of carbonyl (C=O) groups excluding carboxylic acids is 1. The van der Waals surface area contributed by atoms with E-state index in [0.29, 0.717) is 33.8 Å². The molecule has 35 heavy (non-hydrogen) atoms. The summed E-state index contributed by atoms with van der Waals surface area (Å²) in [5.74, 6) is 1.16. The van der Waals surface area contributed by atoms with Crippen molar-refractivity contribution >= 4 is 50.5 Å². The van der Waals surface area contributed by atoms with Gasteiger partial charge in [0.05, 0.1) is 23.8 Å². The molecule has 1 aliphatic rings. The summed E-state index contributed by atoms with van der Waals surface area (Å²) in [6, 6.07) is 16.9. The Morgan fingerprint density at radius 1 is 1.11 bits per heavy atom. The first-order chi connectivity index (χ1) is 16.9. The summed E-state index contributed by atoms with van der Waals surface area (Å²) in [4.78, 5) is 17.7. The first kappa shape index (κ1) is 24.9. The molecule has 0 bridgehead atoms. The van der Waals surface area contributed by atoms with Gasteiger partial charge < -0.3 is 19.0 Å². The van der Waals surface area contributed by atoms with Crippen LogP contribution >= 0.6 is 27.7 Å². The lowest BCUT2D eigenvalue weighted by atomic mass is 10.1. The fourth-order valence-electron chi connectivity index (χ4n) is 3.41. The monoisotopic (exact) mass is 553 g/mol. The lowest BCUT2D eigenvalue weighted by Gasteiger charge is -2.05. The highest BCUT2D eigenvalue weighted by Gasteiger charge is 2.33. The Kier molecular flexibility index (Phi) is 7.83. The van der Waals surface area contributed by atoms with E-state index in [-0.39, 0.29) is 17.9 Å². The van der Waals surface area contributed by atoms with Gasteiger partial charge in [-0.2, -0.15) is 0 Å². The van der Waals surface area contributed by atoms with E-state index in [1.54, 1.807) is 37.3 Å². The number of aliphatic hydroxyl groups excluding tert-OH is 1. The molecule has 6 nitrogen and oxygen atoms in total. The number of hydrogen-bond donors (Lipinski definition) is 1. The largest absolute Gasteiger partial charge is 0.506 e. The number of aryl methyl sites for hydroxylation is 1. The van der Waals surface area contributed by atoms with Gasteiger partial charge in [0.15, 0.2) is 0 Å². The Morgan fingerprint density at radius 3 is 2.57 bits per heavy atom. The molecule has 0 unspecified atom stereocenters. The molecule has 180 valence electrons. The topological polar surface area (TPSA) is 81.3 Å². The Bertz CT molecular complexity index is 1340. The minimum atomic E-state index is -0.629. The van der Waals surface area contributed by atoms with Gasteiger partial charge in [-0.3, -0.25) is 0 Å². The van der Waals surface area contributed by atoms with Crippen LogP contribution in [0.25, 0.3) is 17.4 Å². The third kappa shape index (κ3) is 5.71. The molecule has 0 fully saturated rings. The molecule has 0 saturated carbocycles. The number of esters is 1. The quantitative estimate of drug-likeness (QED) is 0.303. The molecule has 1 aliphatic heterocycles. The summed E-state index contributed by atoms with van der Waals surface area (Å²) in [6.45, 7) is 6.39. The summed E-state index contributed by atoms with van der Waals surface area (Å²) in [5.41, 5.74) is 2.70. The van der Waals surface area contributed by atoms with Crippen molar-refractivity contribution in [2.75, 3.05) is 13.2 Å². The smallest absolute Gasteiger partial charge is 0.344 e. The molecule has 2 aromatic carbocycles. The van der Waals surface area contributed by atoms with Crippen molar-refractivity contribution in [3.8, 4) is 17.1 Å². The second-order valence-corrected chi connectivity index (χ2v) is 9.45. The van der Waals surface area contributed by atoms with E-state index in [0.717, 1.165) is 21.3 Å². The van der Waals surface area contributed by atoms with Crippen LogP contribution in [0.2, 0.25) is 0 Å². The minimum absolute atomic E-state index is 0.0345. The minimum Gasteiger partial charge on any atom is -0.506 e. The number of carbonyl (C=O) groups is 1. The predicted molar refractivity (Wildman–Crippen MR) is 143 cm³/mol. The van der Waals surface area contributed by atoms with Crippen LogP contribution in [0.15, 0.2) is 84.7 Å². The molecule has 1 N–H and O–H groups in total. The van der Waals surface area contributed by atoms with E-state index < -0.39 is 5.97 Å². The molecule has 3 aromatic rings. The summed E-state index contributed by atoms with van der Waals surface area (Å²) >= 11 is 4.69. The Morgan fingerprint density at radius 2 is 1.89 bits per heavy atom. The van der Waals surface area contributed by atoms with Crippen molar-refractivity contribution in [3.63, 3.8) is 0 Å². The first-order valence-corrected chi connectivity index (χ1v) is 12.7. The Balaban J connectivity index is 1.66. The third-order valence-corrected chi connectivity index (χ3v) is 7.00. The molecule has 2 heterocycles. The van der Waals surface area contributed by atoms with E-state index in [2.05, 4.69) is 20.9 Å². The van der Waals surface area contributed by atoms with E-state index in [9.17, 15) is 9.90 Å². The zero-order valence-corrected chi connectivity index (χ0v) is 21.9. The molecule has 8 heteroatoms. The standard InChI is InChI=1S/C27H24BrNO5S/c1-4-32-19-9-7-18(8-10-19)29-26-24(27(31)33-5-2)25(30)23(35-26)15-20-11-13-22(34-20)17-6-12-21(28)16(3)14-17/h6-15,30H,4-5H2,1-3H3/b23-15-,29-26?. The van der Waals surface area contributed by atoms with Crippen molar-refractivity contribution in [1.29, 1.82) is 0 Å². The average Bonchev–Trinajstić information content (AvgIpc) is 3.42. The van der Waals surface area contributed by atoms with Crippen LogP contribution in [0.3, 0.4) is 0 Å². The van der Waals surface area contributed by atoms with Gasteiger partial charge in [0, 0.05) is 10.0 Å². The van der Waals surface area contributed by atoms with Crippen molar-refractivity contribution in [1.82, 2.24) is 0 Å². The Labute approximate surface area is 216 Å². The summed E-state index contributed by atoms with van der Waals surface area (Å²) in [7, 11) is 0. The number of thioether (sulfide) groups is 1. The van der Waals surface area contributed by atoms with Crippen LogP contribution in [0.4, 0.5) is 5.69 Å². The van der Waals surface area contributed by atoms with Crippen molar-refractivity contribution in [3.05, 3.63) is 86.6 Å². The predicted octanol–water partition coefficient (Wildman–Crippen LogP) is 7.61. The molecular weight excluding hydrogens is 530 g/mol. The molecule has 0 spiro atoms. The Hall–Kier alpha value is -3.23. The van der Waals surface area contributed by atoms with E-state index >= 15 is 0 Å². The van der Waals surface area contributed by atoms with Crippen molar-refractivity contribution < 1.29 is 23.8 Å². The molecule has 0 aliphatic carbocycles. The third-order valence-electron chi connectivity index (χ3n) is 5.09. The van der Waals surface area contributed by atoms with Crippen LogP contribution in [-0.4, -0.2) is 29.3 Å². The lowest BCUT2D eigenvalue weighted by Crippen LogP contribution is -2.12. The van der Waals surface area contributed by atoms with E-state index in [1.165, 1.54) is 11.8 Å². The number of nitrogens with zero attached hydrogens (tertiary/aromatic N) is 1. The number of aliphatic imine (C=N–C) groups is 1. The number of rotatable bonds is 7. The number of hydrogen-bond acceptors (Lipinski definition) is 7. The van der Waals surface area contributed by atoms with Gasteiger partial charge in [-0.05, 0) is 80.9 Å². The van der Waals surface area contributed by atoms with Gasteiger partial charge in [-0.15, -0.1) is 0 Å². The number of benzene rings is 2. The molecule has 0 atom stereocenters. The van der Waals surface area contributed by atoms with Crippen LogP contribution < -0.4 is 4.74 Å². The fraction of sp³-hybridized carbons (Fsp3) is 0.185. The molecular formula is C27H24BrNO5S. The zero-order valence-electron chi connectivity index (χ0n) is 19.5. The van der Waals surface area contributed by atoms with E-state index in [1.807, 2.05) is 44.2 Å². The van der Waals surface area contributed by atoms with Gasteiger partial charge in [-0.25, -0.2) is 9.79 Å². The van der Waals surface area contributed by atoms with Gasteiger partial charge in [0.2, 0.25) is 0 Å². The molecule has 0 amide bonds. The highest BCUT2D eigenvalue weighted by molar-refractivity contribution is 9.10. The SMILES string of the molecule is CCOC(=O)C1=C(O)/C(=C/c2ccc(-c3ccc(Br)c(C)c3)o2)SC1=Nc1ccc(OCC)cc1. The number of halogens is 1. The van der Waals surface area contributed by atoms with Gasteiger partial charge in [0.25, 0.3) is 0 Å². The molecule has 1 aromatic heterocycles. The maximum atomic E-state index is 12.6. The molecule has 0 saturated heterocycles. The average molecular weight is 554 g/mol. The van der Waals surface area contributed by atoms with Crippen LogP contribution in [-0.2, 0) is 9.53 Å². The maximum Gasteiger partial charge on any atom is 0.344 e. The number of ether oxygens (including phenoxy) is 2. The van der Waals surface area contributed by atoms with E-state index in [4.69, 9.17) is 13.9 Å². The maximum absolute atomic E-state index is 12.6. The second kappa shape index (κ2) is 11.0. The van der Waals surface area contributed by atoms with Crippen LogP contribution in [0.1, 0.15) is 25.2 Å². The van der Waals surface area contributed by atoms with Crippen molar-refractivity contribution in [2.24, 2.45) is 4.99 Å². The van der Waals surface area contributed by atoms with Crippen molar-refractivity contribution in [2.45, 2.75) is 20.8 Å². The second-order valence-electron chi connectivity index (χ2n) is 7.56. The summed E-state index contributed by atoms with van der Waals surface area (Å²) < 4.78 is 17.7. The van der Waals surface area contributed by atoms with Crippen LogP contribution in [0.5, 0.6) is 5.75 Å². The lowest BCUT2D eigenvalue weighted by molar-refractivity contribution is -0.138. The molecule has 4 rings (SSSR count). The fourth-order valence-corrected chi connectivity index (χ4v) is 4.67. The van der Waals surface area contributed by atoms with Gasteiger partial charge >= 0.3 is 5.97 Å². The highest BCUT2D eigenvalue weighted by Crippen LogP contribution is 2.41. The summed E-state index contributed by atoms with van der Waals surface area (Å²) in [6.07, 6.45) is 1.69. The normalized spacial score (nSPS) is 15.8. The molecule has 0 radical (unpaired) electrons. The van der Waals surface area contributed by atoms with Gasteiger partial charge in [-0.1, -0.05) is 33.8 Å². The number of aliphatic hydroxyl groups is 1. The number of furan rings is 1.